The highest BCUT2D eigenvalue weighted by Gasteiger charge is 2.32. The van der Waals surface area contributed by atoms with Crippen LogP contribution in [0.4, 0.5) is 4.79 Å². The fourth-order valence-electron chi connectivity index (χ4n) is 1.95. The lowest BCUT2D eigenvalue weighted by molar-refractivity contribution is -0.138. The molecule has 0 aliphatic carbocycles. The summed E-state index contributed by atoms with van der Waals surface area (Å²) >= 11 is 0. The summed E-state index contributed by atoms with van der Waals surface area (Å²) in [5.41, 5.74) is 5.23. The number of carboxylic acid groups (broad SMARTS) is 1. The molecule has 0 saturated carbocycles. The zero-order valence-electron chi connectivity index (χ0n) is 10.5. The van der Waals surface area contributed by atoms with Crippen LogP contribution in [0.1, 0.15) is 26.7 Å². The molecule has 1 saturated heterocycles. The van der Waals surface area contributed by atoms with Gasteiger partial charge < -0.3 is 21.1 Å². The first-order valence-electron chi connectivity index (χ1n) is 5.92. The van der Waals surface area contributed by atoms with Gasteiger partial charge in [-0.2, -0.15) is 0 Å². The number of rotatable bonds is 3. The van der Waals surface area contributed by atoms with Crippen molar-refractivity contribution in [1.29, 1.82) is 0 Å². The largest absolute Gasteiger partial charge is 0.480 e. The van der Waals surface area contributed by atoms with Gasteiger partial charge >= 0.3 is 12.0 Å². The molecule has 7 nitrogen and oxygen atoms in total. The Balaban J connectivity index is 2.64. The highest BCUT2D eigenvalue weighted by molar-refractivity contribution is 5.83. The van der Waals surface area contributed by atoms with Gasteiger partial charge in [0.05, 0.1) is 5.92 Å². The number of nitrogens with one attached hydrogen (secondary N) is 1. The number of piperidine rings is 1. The second kappa shape index (κ2) is 5.70. The Labute approximate surface area is 105 Å². The minimum atomic E-state index is -1.10. The molecule has 0 aromatic carbocycles. The summed E-state index contributed by atoms with van der Waals surface area (Å²) in [5, 5.41) is 11.1. The number of hydrogen-bond acceptors (Lipinski definition) is 3. The Morgan fingerprint density at radius 2 is 2.00 bits per heavy atom. The number of hydrogen-bond donors (Lipinski definition) is 3. The second-order valence-corrected chi connectivity index (χ2v) is 4.69. The molecule has 3 amide bonds. The third kappa shape index (κ3) is 3.35. The van der Waals surface area contributed by atoms with E-state index in [0.29, 0.717) is 12.8 Å². The number of urea groups is 1. The average molecular weight is 257 g/mol. The van der Waals surface area contributed by atoms with E-state index in [1.165, 1.54) is 11.8 Å². The van der Waals surface area contributed by atoms with Gasteiger partial charge in [0.2, 0.25) is 5.91 Å². The Kier molecular flexibility index (Phi) is 4.52. The van der Waals surface area contributed by atoms with Crippen LogP contribution in [0.25, 0.3) is 0 Å². The Hall–Kier alpha value is -1.79. The summed E-state index contributed by atoms with van der Waals surface area (Å²) in [7, 11) is 0. The topological polar surface area (TPSA) is 113 Å². The predicted octanol–water partition coefficient (Wildman–Crippen LogP) is -0.245. The molecular weight excluding hydrogens is 238 g/mol. The first-order valence-corrected chi connectivity index (χ1v) is 5.92. The fourth-order valence-corrected chi connectivity index (χ4v) is 1.95. The average Bonchev–Trinajstić information content (AvgIpc) is 2.28. The van der Waals surface area contributed by atoms with E-state index in [0.717, 1.165) is 0 Å². The molecule has 0 spiro atoms. The number of aliphatic carboxylic acids is 1. The Bertz CT molecular complexity index is 358. The van der Waals surface area contributed by atoms with E-state index in [-0.39, 0.29) is 18.5 Å². The van der Waals surface area contributed by atoms with E-state index < -0.39 is 23.9 Å². The molecule has 18 heavy (non-hydrogen) atoms. The number of nitrogens with two attached hydrogens (primary N) is 1. The maximum atomic E-state index is 11.9. The summed E-state index contributed by atoms with van der Waals surface area (Å²) in [6.07, 6.45) is 1.34. The fraction of sp³-hybridized carbons (Fsp3) is 0.727. The minimum Gasteiger partial charge on any atom is -0.480 e. The van der Waals surface area contributed by atoms with Crippen LogP contribution in [-0.4, -0.2) is 46.5 Å². The molecule has 102 valence electrons. The normalized spacial score (nSPS) is 25.3. The van der Waals surface area contributed by atoms with Crippen molar-refractivity contribution in [2.24, 2.45) is 11.7 Å². The molecular formula is C11H19N3O4. The number of nitrogens with zero attached hydrogens (tertiary/aromatic N) is 1. The SMILES string of the molecule is CC1CCC(C(N)=O)CN1C(=O)N[C@H](C)C(=O)O. The first-order chi connectivity index (χ1) is 8.32. The monoisotopic (exact) mass is 257 g/mol. The lowest BCUT2D eigenvalue weighted by atomic mass is 9.93. The van der Waals surface area contributed by atoms with E-state index in [2.05, 4.69) is 5.32 Å². The first kappa shape index (κ1) is 14.3. The van der Waals surface area contributed by atoms with Gasteiger partial charge in [-0.25, -0.2) is 4.79 Å². The van der Waals surface area contributed by atoms with E-state index in [1.807, 2.05) is 6.92 Å². The summed E-state index contributed by atoms with van der Waals surface area (Å²) < 4.78 is 0. The molecule has 1 rings (SSSR count). The van der Waals surface area contributed by atoms with Crippen molar-refractivity contribution in [1.82, 2.24) is 10.2 Å². The van der Waals surface area contributed by atoms with Gasteiger partial charge in [-0.1, -0.05) is 0 Å². The van der Waals surface area contributed by atoms with Crippen molar-refractivity contribution in [3.63, 3.8) is 0 Å². The molecule has 1 aliphatic heterocycles. The number of carbonyl (C=O) groups excluding carboxylic acids is 2. The maximum absolute atomic E-state index is 11.9. The van der Waals surface area contributed by atoms with Crippen LogP contribution in [0.5, 0.6) is 0 Å². The van der Waals surface area contributed by atoms with Crippen LogP contribution in [-0.2, 0) is 9.59 Å². The van der Waals surface area contributed by atoms with E-state index in [4.69, 9.17) is 10.8 Å². The third-order valence-electron chi connectivity index (χ3n) is 3.26. The highest BCUT2D eigenvalue weighted by Crippen LogP contribution is 2.21. The maximum Gasteiger partial charge on any atom is 0.325 e. The minimum absolute atomic E-state index is 0.0263. The summed E-state index contributed by atoms with van der Waals surface area (Å²) in [6.45, 7) is 3.50. The molecule has 0 bridgehead atoms. The van der Waals surface area contributed by atoms with Gasteiger partial charge in [0.1, 0.15) is 6.04 Å². The van der Waals surface area contributed by atoms with Gasteiger partial charge in [-0.05, 0) is 26.7 Å². The molecule has 4 N–H and O–H groups in total. The van der Waals surface area contributed by atoms with E-state index in [1.54, 1.807) is 0 Å². The molecule has 1 heterocycles. The number of amides is 3. The molecule has 2 unspecified atom stereocenters. The predicted molar refractivity (Wildman–Crippen MR) is 63.7 cm³/mol. The van der Waals surface area contributed by atoms with Crippen molar-refractivity contribution in [3.8, 4) is 0 Å². The molecule has 7 heteroatoms. The van der Waals surface area contributed by atoms with Crippen molar-refractivity contribution in [2.45, 2.75) is 38.8 Å². The van der Waals surface area contributed by atoms with Gasteiger partial charge in [0, 0.05) is 12.6 Å². The summed E-state index contributed by atoms with van der Waals surface area (Å²) in [4.78, 5) is 35.2. The number of primary amides is 1. The number of likely N-dealkylation sites (tertiary alicyclic amines) is 1. The van der Waals surface area contributed by atoms with Crippen molar-refractivity contribution >= 4 is 17.9 Å². The van der Waals surface area contributed by atoms with Gasteiger partial charge in [0.25, 0.3) is 0 Å². The second-order valence-electron chi connectivity index (χ2n) is 4.69. The summed E-state index contributed by atoms with van der Waals surface area (Å²) in [5.74, 6) is -1.88. The van der Waals surface area contributed by atoms with Crippen molar-refractivity contribution in [2.75, 3.05) is 6.54 Å². The zero-order valence-corrected chi connectivity index (χ0v) is 10.5. The lowest BCUT2D eigenvalue weighted by Gasteiger charge is -2.37. The highest BCUT2D eigenvalue weighted by atomic mass is 16.4. The van der Waals surface area contributed by atoms with Gasteiger partial charge in [-0.3, -0.25) is 9.59 Å². The lowest BCUT2D eigenvalue weighted by Crippen LogP contribution is -2.54. The van der Waals surface area contributed by atoms with Crippen LogP contribution < -0.4 is 11.1 Å². The third-order valence-corrected chi connectivity index (χ3v) is 3.26. The standard InChI is InChI=1S/C11H19N3O4/c1-6-3-4-8(9(12)15)5-14(6)11(18)13-7(2)10(16)17/h6-8H,3-5H2,1-2H3,(H2,12,15)(H,13,18)(H,16,17)/t6?,7-,8?/m1/s1. The van der Waals surface area contributed by atoms with Crippen LogP contribution >= 0.6 is 0 Å². The Morgan fingerprint density at radius 3 is 2.50 bits per heavy atom. The molecule has 3 atom stereocenters. The molecule has 1 aliphatic rings. The van der Waals surface area contributed by atoms with Crippen LogP contribution in [0.2, 0.25) is 0 Å². The molecule has 0 radical (unpaired) electrons. The zero-order chi connectivity index (χ0) is 13.9. The van der Waals surface area contributed by atoms with E-state index >= 15 is 0 Å². The number of carboxylic acids is 1. The van der Waals surface area contributed by atoms with Crippen LogP contribution in [0.15, 0.2) is 0 Å². The van der Waals surface area contributed by atoms with Crippen LogP contribution in [0, 0.1) is 5.92 Å². The molecule has 1 fully saturated rings. The molecule has 0 aromatic heterocycles. The van der Waals surface area contributed by atoms with Crippen molar-refractivity contribution in [3.05, 3.63) is 0 Å². The van der Waals surface area contributed by atoms with Gasteiger partial charge in [-0.15, -0.1) is 0 Å². The number of carbonyl (C=O) groups is 3. The summed E-state index contributed by atoms with van der Waals surface area (Å²) in [6, 6.07) is -1.46. The van der Waals surface area contributed by atoms with Gasteiger partial charge in [0.15, 0.2) is 0 Å². The van der Waals surface area contributed by atoms with E-state index in [9.17, 15) is 14.4 Å². The van der Waals surface area contributed by atoms with Crippen molar-refractivity contribution < 1.29 is 19.5 Å². The Morgan fingerprint density at radius 1 is 1.39 bits per heavy atom. The molecule has 0 aromatic rings. The smallest absolute Gasteiger partial charge is 0.325 e. The van der Waals surface area contributed by atoms with Crippen LogP contribution in [0.3, 0.4) is 0 Å². The quantitative estimate of drug-likeness (QED) is 0.647.